The summed E-state index contributed by atoms with van der Waals surface area (Å²) in [6.07, 6.45) is 14.2. The number of rotatable bonds is 7. The highest BCUT2D eigenvalue weighted by atomic mass is 14.2. The summed E-state index contributed by atoms with van der Waals surface area (Å²) in [6.45, 7) is 10.8. The van der Waals surface area contributed by atoms with E-state index in [0.717, 1.165) is 5.92 Å². The molecule has 0 aromatic heterocycles. The molecule has 22 heavy (non-hydrogen) atoms. The van der Waals surface area contributed by atoms with Gasteiger partial charge in [-0.2, -0.15) is 0 Å². The van der Waals surface area contributed by atoms with E-state index < -0.39 is 0 Å². The number of allylic oxidation sites excluding steroid dienone is 1. The van der Waals surface area contributed by atoms with Crippen molar-refractivity contribution < 1.29 is 0 Å². The van der Waals surface area contributed by atoms with Crippen LogP contribution in [0.15, 0.2) is 36.9 Å². The zero-order chi connectivity index (χ0) is 16.2. The molecule has 0 fully saturated rings. The molecule has 0 saturated carbocycles. The van der Waals surface area contributed by atoms with Gasteiger partial charge in [0.1, 0.15) is 0 Å². The Balaban J connectivity index is 0.000000225. The molecular weight excluding hydrogens is 264 g/mol. The van der Waals surface area contributed by atoms with Gasteiger partial charge in [0.25, 0.3) is 0 Å². The van der Waals surface area contributed by atoms with Gasteiger partial charge in [-0.1, -0.05) is 89.6 Å². The molecule has 0 N–H and O–H groups in total. The maximum atomic E-state index is 3.86. The van der Waals surface area contributed by atoms with Gasteiger partial charge >= 0.3 is 0 Å². The average Bonchev–Trinajstić information content (AvgIpc) is 2.58. The molecule has 2 rings (SSSR count). The monoisotopic (exact) mass is 300 g/mol. The molecule has 0 aliphatic heterocycles. The van der Waals surface area contributed by atoms with E-state index in [0.29, 0.717) is 5.92 Å². The standard InChI is InChI=1S/C12H14.C10H22/c1-2-10-7-8-11-5-3-4-6-12(11)9-10;1-4-6-8-10(3)9-7-5-2/h2-6,10H,1,7-9H2;10H,4-9H2,1-3H3. The molecule has 1 aliphatic rings. The summed E-state index contributed by atoms with van der Waals surface area (Å²) in [5, 5.41) is 0. The van der Waals surface area contributed by atoms with Crippen molar-refractivity contribution in [2.24, 2.45) is 11.8 Å². The first-order valence-electron chi connectivity index (χ1n) is 9.40. The van der Waals surface area contributed by atoms with Crippen LogP contribution >= 0.6 is 0 Å². The van der Waals surface area contributed by atoms with Crippen LogP contribution in [-0.2, 0) is 12.8 Å². The van der Waals surface area contributed by atoms with Crippen molar-refractivity contribution in [3.05, 3.63) is 48.0 Å². The molecule has 0 saturated heterocycles. The number of hydrogen-bond donors (Lipinski definition) is 0. The summed E-state index contributed by atoms with van der Waals surface area (Å²) in [7, 11) is 0. The second kappa shape index (κ2) is 11.5. The van der Waals surface area contributed by atoms with Crippen LogP contribution in [0.5, 0.6) is 0 Å². The van der Waals surface area contributed by atoms with Gasteiger partial charge in [-0.25, -0.2) is 0 Å². The van der Waals surface area contributed by atoms with Crippen molar-refractivity contribution >= 4 is 0 Å². The third-order valence-electron chi connectivity index (χ3n) is 4.82. The van der Waals surface area contributed by atoms with E-state index in [1.54, 1.807) is 0 Å². The van der Waals surface area contributed by atoms with Gasteiger partial charge in [-0.05, 0) is 42.2 Å². The lowest BCUT2D eigenvalue weighted by atomic mass is 9.84. The second-order valence-electron chi connectivity index (χ2n) is 6.90. The fraction of sp³-hybridized carbons (Fsp3) is 0.636. The highest BCUT2D eigenvalue weighted by Crippen LogP contribution is 2.25. The lowest BCUT2D eigenvalue weighted by Gasteiger charge is -2.21. The number of fused-ring (bicyclic) bond motifs is 1. The molecule has 0 bridgehead atoms. The minimum Gasteiger partial charge on any atom is -0.103 e. The van der Waals surface area contributed by atoms with E-state index in [1.807, 2.05) is 0 Å². The fourth-order valence-corrected chi connectivity index (χ4v) is 3.18. The highest BCUT2D eigenvalue weighted by molar-refractivity contribution is 5.30. The van der Waals surface area contributed by atoms with Gasteiger partial charge in [-0.3, -0.25) is 0 Å². The number of unbranched alkanes of at least 4 members (excludes halogenated alkanes) is 2. The van der Waals surface area contributed by atoms with E-state index in [1.165, 1.54) is 68.9 Å². The van der Waals surface area contributed by atoms with Gasteiger partial charge in [0.05, 0.1) is 0 Å². The Hall–Kier alpha value is -1.04. The fourth-order valence-electron chi connectivity index (χ4n) is 3.18. The maximum absolute atomic E-state index is 3.86. The molecule has 0 heterocycles. The molecule has 0 radical (unpaired) electrons. The Morgan fingerprint density at radius 2 is 1.68 bits per heavy atom. The van der Waals surface area contributed by atoms with Gasteiger partial charge in [0.15, 0.2) is 0 Å². The van der Waals surface area contributed by atoms with Gasteiger partial charge < -0.3 is 0 Å². The van der Waals surface area contributed by atoms with Crippen LogP contribution in [0.3, 0.4) is 0 Å². The summed E-state index contributed by atoms with van der Waals surface area (Å²) < 4.78 is 0. The molecule has 1 aromatic rings. The third kappa shape index (κ3) is 7.29. The predicted molar refractivity (Wildman–Crippen MR) is 100 cm³/mol. The lowest BCUT2D eigenvalue weighted by Crippen LogP contribution is -2.11. The van der Waals surface area contributed by atoms with Crippen molar-refractivity contribution in [1.29, 1.82) is 0 Å². The molecule has 1 aromatic carbocycles. The topological polar surface area (TPSA) is 0 Å². The van der Waals surface area contributed by atoms with Crippen LogP contribution in [0.25, 0.3) is 0 Å². The van der Waals surface area contributed by atoms with E-state index in [9.17, 15) is 0 Å². The minimum absolute atomic E-state index is 0.708. The van der Waals surface area contributed by atoms with Gasteiger partial charge in [0.2, 0.25) is 0 Å². The van der Waals surface area contributed by atoms with Crippen LogP contribution in [0.4, 0.5) is 0 Å². The number of hydrogen-bond acceptors (Lipinski definition) is 0. The van der Waals surface area contributed by atoms with Crippen molar-refractivity contribution in [3.8, 4) is 0 Å². The molecule has 0 amide bonds. The first kappa shape index (κ1) is 19.0. The summed E-state index contributed by atoms with van der Waals surface area (Å²) in [4.78, 5) is 0. The van der Waals surface area contributed by atoms with Gasteiger partial charge in [0, 0.05) is 0 Å². The summed E-state index contributed by atoms with van der Waals surface area (Å²) in [6, 6.07) is 8.75. The molecule has 1 unspecified atom stereocenters. The Kier molecular flexibility index (Phi) is 9.95. The van der Waals surface area contributed by atoms with E-state index in [-0.39, 0.29) is 0 Å². The van der Waals surface area contributed by atoms with Crippen molar-refractivity contribution in [2.75, 3.05) is 0 Å². The first-order valence-corrected chi connectivity index (χ1v) is 9.40. The Morgan fingerprint density at radius 3 is 2.23 bits per heavy atom. The zero-order valence-corrected chi connectivity index (χ0v) is 15.1. The van der Waals surface area contributed by atoms with Crippen molar-refractivity contribution in [3.63, 3.8) is 0 Å². The average molecular weight is 301 g/mol. The predicted octanol–water partition coefficient (Wildman–Crippen LogP) is 6.98. The third-order valence-corrected chi connectivity index (χ3v) is 4.82. The highest BCUT2D eigenvalue weighted by Gasteiger charge is 2.14. The van der Waals surface area contributed by atoms with Gasteiger partial charge in [-0.15, -0.1) is 6.58 Å². The van der Waals surface area contributed by atoms with E-state index in [4.69, 9.17) is 0 Å². The molecule has 0 spiro atoms. The summed E-state index contributed by atoms with van der Waals surface area (Å²) in [5.41, 5.74) is 3.06. The molecular formula is C22H36. The molecule has 124 valence electrons. The summed E-state index contributed by atoms with van der Waals surface area (Å²) in [5.74, 6) is 1.68. The van der Waals surface area contributed by atoms with Crippen molar-refractivity contribution in [1.82, 2.24) is 0 Å². The summed E-state index contributed by atoms with van der Waals surface area (Å²) >= 11 is 0. The van der Waals surface area contributed by atoms with Crippen LogP contribution in [0.1, 0.15) is 76.8 Å². The second-order valence-corrected chi connectivity index (χ2v) is 6.90. The largest absolute Gasteiger partial charge is 0.103 e. The lowest BCUT2D eigenvalue weighted by molar-refractivity contribution is 0.454. The maximum Gasteiger partial charge on any atom is -0.0192 e. The minimum atomic E-state index is 0.708. The quantitative estimate of drug-likeness (QED) is 0.476. The Labute approximate surface area is 139 Å². The molecule has 0 nitrogen and oxygen atoms in total. The van der Waals surface area contributed by atoms with Crippen LogP contribution in [-0.4, -0.2) is 0 Å². The first-order chi connectivity index (χ1) is 10.7. The molecule has 1 aliphatic carbocycles. The Bertz CT molecular complexity index is 396. The molecule has 0 heteroatoms. The van der Waals surface area contributed by atoms with Crippen LogP contribution in [0, 0.1) is 11.8 Å². The van der Waals surface area contributed by atoms with E-state index >= 15 is 0 Å². The number of benzene rings is 1. The normalized spacial score (nSPS) is 16.6. The van der Waals surface area contributed by atoms with Crippen LogP contribution in [0.2, 0.25) is 0 Å². The smallest absolute Gasteiger partial charge is 0.0192 e. The number of aryl methyl sites for hydroxylation is 1. The molecule has 1 atom stereocenters. The Morgan fingerprint density at radius 1 is 1.09 bits per heavy atom. The van der Waals surface area contributed by atoms with Crippen LogP contribution < -0.4 is 0 Å². The van der Waals surface area contributed by atoms with Crippen molar-refractivity contribution in [2.45, 2.75) is 78.6 Å². The SMILES string of the molecule is C=CC1CCc2ccccc2C1.CCCCC(C)CCCC. The zero-order valence-electron chi connectivity index (χ0n) is 15.1. The van der Waals surface area contributed by atoms with E-state index in [2.05, 4.69) is 57.7 Å².